The van der Waals surface area contributed by atoms with Gasteiger partial charge in [-0.1, -0.05) is 49.2 Å². The van der Waals surface area contributed by atoms with Crippen LogP contribution in [0.3, 0.4) is 0 Å². The Balaban J connectivity index is 0.976. The van der Waals surface area contributed by atoms with Gasteiger partial charge in [-0.2, -0.15) is 0 Å². The molecule has 6 heteroatoms. The molecule has 36 heavy (non-hydrogen) atoms. The maximum absolute atomic E-state index is 13.2. The first-order valence-corrected chi connectivity index (χ1v) is 13.6. The summed E-state index contributed by atoms with van der Waals surface area (Å²) in [6.07, 6.45) is 8.80. The van der Waals surface area contributed by atoms with E-state index in [0.717, 1.165) is 68.8 Å². The molecule has 2 aromatic rings. The molecule has 0 aromatic heterocycles. The number of nitrogens with one attached hydrogen (secondary N) is 1. The van der Waals surface area contributed by atoms with Crippen LogP contribution in [0.4, 0.5) is 0 Å². The minimum atomic E-state index is 0.0900. The van der Waals surface area contributed by atoms with Crippen LogP contribution in [0.25, 0.3) is 0 Å². The van der Waals surface area contributed by atoms with Gasteiger partial charge >= 0.3 is 0 Å². The van der Waals surface area contributed by atoms with E-state index in [0.29, 0.717) is 12.8 Å². The lowest BCUT2D eigenvalue weighted by Gasteiger charge is -2.33. The van der Waals surface area contributed by atoms with Gasteiger partial charge in [-0.25, -0.2) is 0 Å². The molecule has 1 atom stereocenters. The molecule has 1 saturated heterocycles. The molecule has 2 saturated carbocycles. The summed E-state index contributed by atoms with van der Waals surface area (Å²) in [5.41, 5.74) is 2.65. The smallest absolute Gasteiger partial charge is 0.231 e. The number of nitrogens with zero attached hydrogens (tertiary/aromatic N) is 1. The van der Waals surface area contributed by atoms with Crippen LogP contribution in [0.15, 0.2) is 48.5 Å². The highest BCUT2D eigenvalue weighted by molar-refractivity contribution is 5.83. The summed E-state index contributed by atoms with van der Waals surface area (Å²) < 4.78 is 10.8. The minimum absolute atomic E-state index is 0.0900. The first-order chi connectivity index (χ1) is 17.6. The summed E-state index contributed by atoms with van der Waals surface area (Å²) in [7, 11) is 0. The molecule has 2 amide bonds. The monoisotopic (exact) mass is 488 g/mol. The fraction of sp³-hybridized carbons (Fsp3) is 0.533. The first-order valence-electron chi connectivity index (χ1n) is 13.6. The van der Waals surface area contributed by atoms with Crippen LogP contribution >= 0.6 is 0 Å². The van der Waals surface area contributed by atoms with Crippen molar-refractivity contribution < 1.29 is 19.1 Å². The van der Waals surface area contributed by atoms with E-state index in [1.54, 1.807) is 0 Å². The van der Waals surface area contributed by atoms with Crippen LogP contribution < -0.4 is 14.8 Å². The Morgan fingerprint density at radius 2 is 1.69 bits per heavy atom. The zero-order chi connectivity index (χ0) is 24.6. The van der Waals surface area contributed by atoms with Gasteiger partial charge in [-0.3, -0.25) is 9.59 Å². The fourth-order valence-electron chi connectivity index (χ4n) is 6.77. The molecule has 3 fully saturated rings. The van der Waals surface area contributed by atoms with Gasteiger partial charge in [-0.05, 0) is 67.2 Å². The van der Waals surface area contributed by atoms with E-state index >= 15 is 0 Å². The summed E-state index contributed by atoms with van der Waals surface area (Å²) >= 11 is 0. The van der Waals surface area contributed by atoms with Gasteiger partial charge in [0.15, 0.2) is 11.5 Å². The average molecular weight is 489 g/mol. The highest BCUT2D eigenvalue weighted by Gasteiger charge is 2.58. The Morgan fingerprint density at radius 1 is 0.944 bits per heavy atom. The Labute approximate surface area is 213 Å². The number of hydrogen-bond donors (Lipinski definition) is 1. The number of carbonyl (C=O) groups excluding carboxylic acids is 2. The quantitative estimate of drug-likeness (QED) is 0.618. The van der Waals surface area contributed by atoms with Crippen LogP contribution in [0.2, 0.25) is 0 Å². The lowest BCUT2D eigenvalue weighted by Crippen LogP contribution is -2.42. The third-order valence-corrected chi connectivity index (χ3v) is 9.23. The van der Waals surface area contributed by atoms with E-state index in [1.165, 1.54) is 18.4 Å². The van der Waals surface area contributed by atoms with Crippen molar-refractivity contribution in [3.05, 3.63) is 59.7 Å². The molecule has 0 radical (unpaired) electrons. The highest BCUT2D eigenvalue weighted by Crippen LogP contribution is 2.59. The molecule has 2 aliphatic heterocycles. The Hall–Kier alpha value is -3.02. The molecule has 190 valence electrons. The summed E-state index contributed by atoms with van der Waals surface area (Å²) in [4.78, 5) is 28.0. The summed E-state index contributed by atoms with van der Waals surface area (Å²) in [6.45, 7) is 2.53. The standard InChI is InChI=1S/C30H36N2O4/c33-27(11-9-22-8-10-25-26(18-22)36-21-35-25)32-16-14-29(15-17-32)19-24(29)28(34)31-20-30(12-4-5-13-30)23-6-2-1-3-7-23/h1-3,6-8,10,18,24H,4-5,9,11-17,19-21H2,(H,31,34). The van der Waals surface area contributed by atoms with Crippen molar-refractivity contribution in [2.24, 2.45) is 11.3 Å². The molecule has 2 heterocycles. The van der Waals surface area contributed by atoms with Crippen molar-refractivity contribution in [3.63, 3.8) is 0 Å². The topological polar surface area (TPSA) is 67.9 Å². The number of hydrogen-bond acceptors (Lipinski definition) is 4. The van der Waals surface area contributed by atoms with E-state index in [9.17, 15) is 9.59 Å². The van der Waals surface area contributed by atoms with Gasteiger partial charge < -0.3 is 19.7 Å². The van der Waals surface area contributed by atoms with Crippen LogP contribution in [0.1, 0.15) is 62.5 Å². The molecular weight excluding hydrogens is 452 g/mol. The van der Waals surface area contributed by atoms with Gasteiger partial charge in [0.2, 0.25) is 18.6 Å². The number of piperidine rings is 1. The van der Waals surface area contributed by atoms with Crippen LogP contribution in [0, 0.1) is 11.3 Å². The zero-order valence-corrected chi connectivity index (χ0v) is 21.0. The Bertz CT molecular complexity index is 1120. The predicted molar refractivity (Wildman–Crippen MR) is 137 cm³/mol. The SMILES string of the molecule is O=C(NCC1(c2ccccc2)CCCC1)C1CC12CCN(C(=O)CCc1ccc3c(c1)OCO3)CC2. The number of fused-ring (bicyclic) bond motifs is 1. The van der Waals surface area contributed by atoms with Gasteiger partial charge in [0.1, 0.15) is 0 Å². The van der Waals surface area contributed by atoms with Crippen molar-refractivity contribution in [1.82, 2.24) is 10.2 Å². The van der Waals surface area contributed by atoms with E-state index < -0.39 is 0 Å². The van der Waals surface area contributed by atoms with Gasteiger partial charge in [0.05, 0.1) is 0 Å². The number of aryl methyl sites for hydroxylation is 1. The Kier molecular flexibility index (Phi) is 6.14. The number of amides is 2. The Morgan fingerprint density at radius 3 is 2.47 bits per heavy atom. The van der Waals surface area contributed by atoms with Gasteiger partial charge in [-0.15, -0.1) is 0 Å². The predicted octanol–water partition coefficient (Wildman–Crippen LogP) is 4.60. The van der Waals surface area contributed by atoms with E-state index in [4.69, 9.17) is 9.47 Å². The highest BCUT2D eigenvalue weighted by atomic mass is 16.7. The molecule has 4 aliphatic rings. The molecule has 2 aromatic carbocycles. The largest absolute Gasteiger partial charge is 0.454 e. The number of carbonyl (C=O) groups is 2. The van der Waals surface area contributed by atoms with Crippen LogP contribution in [0.5, 0.6) is 11.5 Å². The zero-order valence-electron chi connectivity index (χ0n) is 21.0. The summed E-state index contributed by atoms with van der Waals surface area (Å²) in [6, 6.07) is 16.6. The maximum atomic E-state index is 13.2. The fourth-order valence-corrected chi connectivity index (χ4v) is 6.77. The maximum Gasteiger partial charge on any atom is 0.231 e. The van der Waals surface area contributed by atoms with Crippen molar-refractivity contribution in [2.45, 2.75) is 63.2 Å². The van der Waals surface area contributed by atoms with E-state index in [-0.39, 0.29) is 35.4 Å². The normalized spacial score (nSPS) is 23.0. The van der Waals surface area contributed by atoms with Gasteiger partial charge in [0.25, 0.3) is 0 Å². The third-order valence-electron chi connectivity index (χ3n) is 9.23. The van der Waals surface area contributed by atoms with E-state index in [1.807, 2.05) is 23.1 Å². The minimum Gasteiger partial charge on any atom is -0.454 e. The molecule has 1 spiro atoms. The number of benzene rings is 2. The molecule has 6 nitrogen and oxygen atoms in total. The number of ether oxygens (including phenoxy) is 2. The lowest BCUT2D eigenvalue weighted by atomic mass is 9.78. The molecule has 1 N–H and O–H groups in total. The average Bonchev–Trinajstić information content (AvgIpc) is 3.26. The third kappa shape index (κ3) is 4.46. The van der Waals surface area contributed by atoms with Crippen molar-refractivity contribution in [1.29, 1.82) is 0 Å². The van der Waals surface area contributed by atoms with Crippen LogP contribution in [-0.4, -0.2) is 43.1 Å². The number of rotatable bonds is 7. The molecular formula is C30H36N2O4. The summed E-state index contributed by atoms with van der Waals surface area (Å²) in [5.74, 6) is 2.07. The molecule has 0 bridgehead atoms. The first kappa shape index (κ1) is 23.4. The second-order valence-electron chi connectivity index (χ2n) is 11.3. The molecule has 6 rings (SSSR count). The van der Waals surface area contributed by atoms with Crippen molar-refractivity contribution in [2.75, 3.05) is 26.4 Å². The van der Waals surface area contributed by atoms with Crippen molar-refractivity contribution in [3.8, 4) is 11.5 Å². The lowest BCUT2D eigenvalue weighted by molar-refractivity contribution is -0.132. The molecule has 1 unspecified atom stereocenters. The number of likely N-dealkylation sites (tertiary alicyclic amines) is 1. The second kappa shape index (κ2) is 9.45. The van der Waals surface area contributed by atoms with Gasteiger partial charge in [0, 0.05) is 37.4 Å². The van der Waals surface area contributed by atoms with E-state index in [2.05, 4.69) is 35.6 Å². The second-order valence-corrected chi connectivity index (χ2v) is 11.3. The van der Waals surface area contributed by atoms with Crippen molar-refractivity contribution >= 4 is 11.8 Å². The van der Waals surface area contributed by atoms with Crippen LogP contribution in [-0.2, 0) is 21.4 Å². The summed E-state index contributed by atoms with van der Waals surface area (Å²) in [5, 5.41) is 3.35. The molecule has 2 aliphatic carbocycles.